The van der Waals surface area contributed by atoms with Crippen LogP contribution in [-0.2, 0) is 23.9 Å². The lowest BCUT2D eigenvalue weighted by Gasteiger charge is -2.50. The Labute approximate surface area is 332 Å². The zero-order valence-electron chi connectivity index (χ0n) is 28.4. The Morgan fingerprint density at radius 3 is 2.05 bits per heavy atom. The minimum absolute atomic E-state index is 0.0298. The van der Waals surface area contributed by atoms with E-state index < -0.39 is 98.2 Å². The van der Waals surface area contributed by atoms with Crippen molar-refractivity contribution in [3.63, 3.8) is 0 Å². The normalized spacial score (nSPS) is 29.0. The molecule has 3 heterocycles. The van der Waals surface area contributed by atoms with Gasteiger partial charge in [-0.1, -0.05) is 11.6 Å². The summed E-state index contributed by atoms with van der Waals surface area (Å²) in [5.41, 5.74) is -0.369. The van der Waals surface area contributed by atoms with Crippen molar-refractivity contribution in [1.82, 2.24) is 0 Å². The van der Waals surface area contributed by atoms with E-state index in [9.17, 15) is 37.5 Å². The fourth-order valence-electron chi connectivity index (χ4n) is 8.75. The van der Waals surface area contributed by atoms with Gasteiger partial charge in [-0.05, 0) is 83.3 Å². The van der Waals surface area contributed by atoms with Gasteiger partial charge >= 0.3 is 0 Å². The van der Waals surface area contributed by atoms with Gasteiger partial charge in [-0.25, -0.2) is 26.9 Å². The van der Waals surface area contributed by atoms with Crippen LogP contribution in [0.25, 0.3) is 0 Å². The molecule has 0 aromatic heterocycles. The minimum Gasteiger partial charge on any atom is -0.504 e. The highest BCUT2D eigenvalue weighted by atomic mass is 127. The Hall–Kier alpha value is -4.00. The first-order valence-electron chi connectivity index (χ1n) is 16.9. The standard InChI is InChI=1S/C37H27Cl2F5IN3O7/c1-54-22-13-15(12-21(45)31(22)49)24-18-6-7-19-23(33(51)47(32(19)50)17-4-2-16(3-5-17)46-8-10-55-11-9-46)20(18)14-36(38)34(52)48(35(53)37(24,36)39)30-28(43)26(41)25(40)27(42)29(30)44/h2-6,12-13,19-20,23-24,49H,7-11,14H2,1H3. The molecule has 2 aliphatic carbocycles. The van der Waals surface area contributed by atoms with Crippen LogP contribution in [0.5, 0.6) is 11.5 Å². The summed E-state index contributed by atoms with van der Waals surface area (Å²) in [4.78, 5) is 55.0. The summed E-state index contributed by atoms with van der Waals surface area (Å²) in [6.45, 7) is 2.39. The molecule has 3 aromatic rings. The molecule has 18 heteroatoms. The molecule has 55 heavy (non-hydrogen) atoms. The number of aromatic hydroxyl groups is 1. The van der Waals surface area contributed by atoms with Gasteiger partial charge < -0.3 is 19.5 Å². The van der Waals surface area contributed by atoms with Gasteiger partial charge in [-0.15, -0.1) is 23.2 Å². The Morgan fingerprint density at radius 2 is 1.44 bits per heavy atom. The number of ether oxygens (including phenoxy) is 2. The van der Waals surface area contributed by atoms with Crippen molar-refractivity contribution in [2.75, 3.05) is 48.1 Å². The molecule has 288 valence electrons. The van der Waals surface area contributed by atoms with Crippen molar-refractivity contribution >= 4 is 86.5 Å². The van der Waals surface area contributed by atoms with Gasteiger partial charge in [-0.2, -0.15) is 0 Å². The number of phenols is 1. The molecule has 1 saturated carbocycles. The molecule has 4 fully saturated rings. The topological polar surface area (TPSA) is 117 Å². The molecule has 1 N–H and O–H groups in total. The minimum atomic E-state index is -2.72. The number of halogens is 8. The average molecular weight is 918 g/mol. The van der Waals surface area contributed by atoms with Crippen LogP contribution in [0.2, 0.25) is 0 Å². The first-order chi connectivity index (χ1) is 26.1. The number of alkyl halides is 2. The van der Waals surface area contributed by atoms with Gasteiger partial charge in [0.25, 0.3) is 11.8 Å². The van der Waals surface area contributed by atoms with E-state index >= 15 is 8.78 Å². The van der Waals surface area contributed by atoms with E-state index in [1.54, 1.807) is 52.9 Å². The molecule has 8 rings (SSSR count). The number of rotatable bonds is 5. The largest absolute Gasteiger partial charge is 0.504 e. The van der Waals surface area contributed by atoms with Crippen molar-refractivity contribution in [1.29, 1.82) is 0 Å². The number of imide groups is 2. The average Bonchev–Trinajstić information content (AvgIpc) is 3.52. The molecule has 4 amide bonds. The number of carbonyl (C=O) groups excluding carboxylic acids is 4. The number of allylic oxidation sites excluding steroid dienone is 2. The summed E-state index contributed by atoms with van der Waals surface area (Å²) in [7, 11) is 1.24. The number of phenolic OH excluding ortho intramolecular Hbond substituents is 1. The number of methoxy groups -OCH3 is 1. The Morgan fingerprint density at radius 1 is 0.836 bits per heavy atom. The van der Waals surface area contributed by atoms with Crippen molar-refractivity contribution in [2.24, 2.45) is 17.8 Å². The summed E-state index contributed by atoms with van der Waals surface area (Å²) in [5, 5.41) is 10.7. The second-order valence-electron chi connectivity index (χ2n) is 13.9. The highest BCUT2D eigenvalue weighted by Crippen LogP contribution is 2.66. The Balaban J connectivity index is 1.27. The second-order valence-corrected chi connectivity index (χ2v) is 16.3. The summed E-state index contributed by atoms with van der Waals surface area (Å²) in [6, 6.07) is 9.50. The number of fused-ring (bicyclic) bond motifs is 4. The van der Waals surface area contributed by atoms with E-state index in [0.717, 1.165) is 10.6 Å². The predicted octanol–water partition coefficient (Wildman–Crippen LogP) is 6.31. The molecule has 5 aliphatic rings. The maximum Gasteiger partial charge on any atom is 0.258 e. The zero-order chi connectivity index (χ0) is 39.5. The number of nitrogens with zero attached hydrogens (tertiary/aromatic N) is 3. The molecular formula is C37H27Cl2F5IN3O7. The van der Waals surface area contributed by atoms with Gasteiger partial charge in [0.2, 0.25) is 17.6 Å². The Bertz CT molecular complexity index is 2230. The molecule has 10 nitrogen and oxygen atoms in total. The van der Waals surface area contributed by atoms with Crippen LogP contribution in [0, 0.1) is 50.4 Å². The van der Waals surface area contributed by atoms with E-state index in [0.29, 0.717) is 26.3 Å². The number of carbonyl (C=O) groups is 4. The SMILES string of the molecule is COc1cc(C2C3=CCC4C(=O)N(c5ccc(N6CCOCC6)cc5)C(=O)C4C3CC3(Cl)C(=O)N(c4c(F)c(F)c(F)c(F)c4F)C(=O)C23Cl)cc(I)c1O. The summed E-state index contributed by atoms with van der Waals surface area (Å²) in [6.07, 6.45) is 0.920. The van der Waals surface area contributed by atoms with Crippen LogP contribution in [0.3, 0.4) is 0 Å². The molecule has 3 saturated heterocycles. The molecule has 0 spiro atoms. The third-order valence-corrected chi connectivity index (χ3v) is 13.5. The van der Waals surface area contributed by atoms with Crippen LogP contribution >= 0.6 is 45.8 Å². The first-order valence-corrected chi connectivity index (χ1v) is 18.8. The number of amides is 4. The molecule has 3 aliphatic heterocycles. The van der Waals surface area contributed by atoms with Crippen molar-refractivity contribution in [3.8, 4) is 11.5 Å². The molecular weight excluding hydrogens is 891 g/mol. The van der Waals surface area contributed by atoms with Crippen LogP contribution in [0.1, 0.15) is 24.3 Å². The molecule has 0 bridgehead atoms. The van der Waals surface area contributed by atoms with Gasteiger partial charge in [-0.3, -0.25) is 24.1 Å². The summed E-state index contributed by atoms with van der Waals surface area (Å²) >= 11 is 16.2. The van der Waals surface area contributed by atoms with Crippen LogP contribution in [-0.4, -0.2) is 71.9 Å². The van der Waals surface area contributed by atoms with Gasteiger partial charge in [0, 0.05) is 24.7 Å². The van der Waals surface area contributed by atoms with Crippen LogP contribution in [0.4, 0.5) is 39.0 Å². The predicted molar refractivity (Wildman–Crippen MR) is 196 cm³/mol. The number of hydrogen-bond acceptors (Lipinski definition) is 8. The third-order valence-electron chi connectivity index (χ3n) is 11.3. The summed E-state index contributed by atoms with van der Waals surface area (Å²) < 4.78 is 84.8. The van der Waals surface area contributed by atoms with E-state index in [4.69, 9.17) is 32.7 Å². The van der Waals surface area contributed by atoms with Crippen molar-refractivity contribution in [2.45, 2.75) is 28.5 Å². The van der Waals surface area contributed by atoms with E-state index in [-0.39, 0.29) is 43.2 Å². The molecule has 3 aromatic carbocycles. The fraction of sp³-hybridized carbons (Fsp3) is 0.351. The lowest BCUT2D eigenvalue weighted by atomic mass is 9.56. The molecule has 6 atom stereocenters. The van der Waals surface area contributed by atoms with Gasteiger partial charge in [0.05, 0.1) is 41.4 Å². The third kappa shape index (κ3) is 5.19. The van der Waals surface area contributed by atoms with E-state index in [1.165, 1.54) is 19.2 Å². The molecule has 0 radical (unpaired) electrons. The van der Waals surface area contributed by atoms with E-state index in [1.807, 2.05) is 0 Å². The smallest absolute Gasteiger partial charge is 0.258 e. The maximum absolute atomic E-state index is 15.3. The monoisotopic (exact) mass is 917 g/mol. The summed E-state index contributed by atoms with van der Waals surface area (Å²) in [5.74, 6) is -21.9. The fourth-order valence-corrected chi connectivity index (χ4v) is 10.3. The number of hydrogen-bond donors (Lipinski definition) is 1. The highest BCUT2D eigenvalue weighted by Gasteiger charge is 2.77. The van der Waals surface area contributed by atoms with E-state index in [2.05, 4.69) is 4.90 Å². The highest BCUT2D eigenvalue weighted by molar-refractivity contribution is 14.1. The zero-order valence-corrected chi connectivity index (χ0v) is 32.0. The quantitative estimate of drug-likeness (QED) is 0.0604. The van der Waals surface area contributed by atoms with Crippen LogP contribution < -0.4 is 19.4 Å². The maximum atomic E-state index is 15.3. The van der Waals surface area contributed by atoms with Crippen LogP contribution in [0.15, 0.2) is 48.0 Å². The first kappa shape index (κ1) is 37.9. The van der Waals surface area contributed by atoms with Gasteiger partial charge in [0.15, 0.2) is 44.5 Å². The number of morpholine rings is 1. The number of anilines is 3. The van der Waals surface area contributed by atoms with Crippen molar-refractivity contribution < 1.29 is 55.7 Å². The lowest BCUT2D eigenvalue weighted by molar-refractivity contribution is -0.125. The molecule has 6 unspecified atom stereocenters. The number of benzene rings is 3. The van der Waals surface area contributed by atoms with Crippen molar-refractivity contribution in [3.05, 3.63) is 86.3 Å². The Kier molecular flexibility index (Phi) is 9.17. The lowest BCUT2D eigenvalue weighted by Crippen LogP contribution is -2.60. The van der Waals surface area contributed by atoms with Gasteiger partial charge in [0.1, 0.15) is 5.69 Å². The second kappa shape index (κ2) is 13.3.